The Kier molecular flexibility index (Phi) is 4.68. The minimum atomic E-state index is 0.150. The third-order valence-corrected chi connectivity index (χ3v) is 4.15. The lowest BCUT2D eigenvalue weighted by Crippen LogP contribution is -2.41. The van der Waals surface area contributed by atoms with E-state index >= 15 is 0 Å². The van der Waals surface area contributed by atoms with Crippen molar-refractivity contribution in [2.75, 3.05) is 33.7 Å². The molecule has 0 bridgehead atoms. The largest absolute Gasteiger partial charge is 0.345 e. The molecule has 1 amide bonds. The average Bonchev–Trinajstić information content (AvgIpc) is 2.68. The summed E-state index contributed by atoms with van der Waals surface area (Å²) >= 11 is 3.41. The number of hydrogen-bond acceptors (Lipinski definition) is 2. The molecule has 0 spiro atoms. The molecule has 0 saturated carbocycles. The zero-order valence-electron chi connectivity index (χ0n) is 11.9. The number of likely N-dealkylation sites (tertiary alicyclic amines) is 1. The summed E-state index contributed by atoms with van der Waals surface area (Å²) in [6.45, 7) is 2.87. The van der Waals surface area contributed by atoms with Gasteiger partial charge in [0.05, 0.1) is 0 Å². The lowest BCUT2D eigenvalue weighted by atomic mass is 9.96. The molecule has 1 aliphatic heterocycles. The van der Waals surface area contributed by atoms with Crippen LogP contribution in [-0.4, -0.2) is 54.0 Å². The van der Waals surface area contributed by atoms with Crippen LogP contribution in [0.3, 0.4) is 0 Å². The molecule has 0 unspecified atom stereocenters. The van der Waals surface area contributed by atoms with Gasteiger partial charge in [-0.05, 0) is 54.9 Å². The van der Waals surface area contributed by atoms with Gasteiger partial charge >= 0.3 is 0 Å². The molecule has 0 aliphatic carbocycles. The molecule has 106 valence electrons. The van der Waals surface area contributed by atoms with Crippen LogP contribution in [0.5, 0.6) is 0 Å². The summed E-state index contributed by atoms with van der Waals surface area (Å²) in [5, 5.41) is 0. The quantitative estimate of drug-likeness (QED) is 0.851. The molecule has 0 aromatic carbocycles. The molecule has 2 rings (SSSR count). The van der Waals surface area contributed by atoms with Crippen molar-refractivity contribution in [2.45, 2.75) is 12.8 Å². The highest BCUT2D eigenvalue weighted by Gasteiger charge is 2.25. The molecule has 5 heteroatoms. The van der Waals surface area contributed by atoms with E-state index in [0.717, 1.165) is 48.6 Å². The Bertz CT molecular complexity index is 448. The molecule has 1 fully saturated rings. The number of rotatable bonds is 3. The van der Waals surface area contributed by atoms with Crippen LogP contribution in [0.2, 0.25) is 0 Å². The van der Waals surface area contributed by atoms with E-state index in [-0.39, 0.29) is 5.91 Å². The maximum absolute atomic E-state index is 12.4. The van der Waals surface area contributed by atoms with E-state index in [1.54, 1.807) is 0 Å². The highest BCUT2D eigenvalue weighted by molar-refractivity contribution is 9.10. The van der Waals surface area contributed by atoms with Gasteiger partial charge in [0.2, 0.25) is 0 Å². The van der Waals surface area contributed by atoms with Crippen LogP contribution in [0, 0.1) is 5.92 Å². The minimum absolute atomic E-state index is 0.150. The first-order valence-corrected chi connectivity index (χ1v) is 7.52. The second-order valence-corrected chi connectivity index (χ2v) is 6.57. The zero-order chi connectivity index (χ0) is 14.0. The van der Waals surface area contributed by atoms with Crippen LogP contribution >= 0.6 is 15.9 Å². The number of carbonyl (C=O) groups is 1. The lowest BCUT2D eigenvalue weighted by Gasteiger charge is -2.33. The van der Waals surface area contributed by atoms with E-state index in [4.69, 9.17) is 0 Å². The van der Waals surface area contributed by atoms with Gasteiger partial charge in [0, 0.05) is 37.4 Å². The standard InChI is InChI=1S/C14H22BrN3O/c1-16(2)9-11-4-6-18(7-5-11)14(19)13-8-12(15)10-17(13)3/h8,10-11H,4-7,9H2,1-3H3. The van der Waals surface area contributed by atoms with E-state index in [2.05, 4.69) is 34.9 Å². The van der Waals surface area contributed by atoms with Crippen molar-refractivity contribution >= 4 is 21.8 Å². The first-order chi connectivity index (χ1) is 8.97. The molecule has 1 aromatic rings. The van der Waals surface area contributed by atoms with Crippen molar-refractivity contribution < 1.29 is 4.79 Å². The van der Waals surface area contributed by atoms with Gasteiger partial charge in [-0.15, -0.1) is 0 Å². The third kappa shape index (κ3) is 3.60. The second kappa shape index (κ2) is 6.09. The molecule has 0 atom stereocenters. The molecule has 0 N–H and O–H groups in total. The molecular weight excluding hydrogens is 306 g/mol. The zero-order valence-corrected chi connectivity index (χ0v) is 13.5. The van der Waals surface area contributed by atoms with Crippen LogP contribution < -0.4 is 0 Å². The summed E-state index contributed by atoms with van der Waals surface area (Å²) in [5.41, 5.74) is 0.762. The smallest absolute Gasteiger partial charge is 0.270 e. The number of amides is 1. The predicted octanol–water partition coefficient (Wildman–Crippen LogP) is 2.20. The number of halogens is 1. The Morgan fingerprint density at radius 1 is 1.42 bits per heavy atom. The first kappa shape index (κ1) is 14.6. The highest BCUT2D eigenvalue weighted by Crippen LogP contribution is 2.21. The average molecular weight is 328 g/mol. The summed E-state index contributed by atoms with van der Waals surface area (Å²) in [4.78, 5) is 16.6. The molecule has 2 heterocycles. The number of nitrogens with zero attached hydrogens (tertiary/aromatic N) is 3. The summed E-state index contributed by atoms with van der Waals surface area (Å²) in [5.74, 6) is 0.871. The number of hydrogen-bond donors (Lipinski definition) is 0. The van der Waals surface area contributed by atoms with E-state index < -0.39 is 0 Å². The van der Waals surface area contributed by atoms with Gasteiger partial charge in [0.25, 0.3) is 5.91 Å². The predicted molar refractivity (Wildman–Crippen MR) is 80.3 cm³/mol. The summed E-state index contributed by atoms with van der Waals surface area (Å²) < 4.78 is 2.85. The molecule has 1 saturated heterocycles. The molecule has 1 aromatic heterocycles. The molecule has 0 radical (unpaired) electrons. The van der Waals surface area contributed by atoms with Crippen molar-refractivity contribution in [3.05, 3.63) is 22.4 Å². The Labute approximate surface area is 123 Å². The van der Waals surface area contributed by atoms with Crippen molar-refractivity contribution in [3.63, 3.8) is 0 Å². The van der Waals surface area contributed by atoms with Crippen molar-refractivity contribution in [2.24, 2.45) is 13.0 Å². The minimum Gasteiger partial charge on any atom is -0.345 e. The lowest BCUT2D eigenvalue weighted by molar-refractivity contribution is 0.0668. The van der Waals surface area contributed by atoms with Crippen LogP contribution in [-0.2, 0) is 7.05 Å². The second-order valence-electron chi connectivity index (χ2n) is 5.65. The molecular formula is C14H22BrN3O. The summed E-state index contributed by atoms with van der Waals surface area (Å²) in [6.07, 6.45) is 4.14. The van der Waals surface area contributed by atoms with E-state index in [1.807, 2.05) is 28.8 Å². The fourth-order valence-corrected chi connectivity index (χ4v) is 3.26. The van der Waals surface area contributed by atoms with Gasteiger partial charge in [-0.3, -0.25) is 4.79 Å². The summed E-state index contributed by atoms with van der Waals surface area (Å²) in [6, 6.07) is 1.90. The Hall–Kier alpha value is -0.810. The number of carbonyl (C=O) groups excluding carboxylic acids is 1. The SMILES string of the molecule is CN(C)CC1CCN(C(=O)c2cc(Br)cn2C)CC1. The van der Waals surface area contributed by atoms with E-state index in [9.17, 15) is 4.79 Å². The van der Waals surface area contributed by atoms with Crippen LogP contribution in [0.15, 0.2) is 16.7 Å². The highest BCUT2D eigenvalue weighted by atomic mass is 79.9. The van der Waals surface area contributed by atoms with Crippen LogP contribution in [0.1, 0.15) is 23.3 Å². The Morgan fingerprint density at radius 2 is 2.05 bits per heavy atom. The number of aromatic nitrogens is 1. The van der Waals surface area contributed by atoms with Crippen LogP contribution in [0.4, 0.5) is 0 Å². The summed E-state index contributed by atoms with van der Waals surface area (Å²) in [7, 11) is 6.13. The van der Waals surface area contributed by atoms with Gasteiger partial charge in [-0.1, -0.05) is 0 Å². The fraction of sp³-hybridized carbons (Fsp3) is 0.643. The normalized spacial score (nSPS) is 17.2. The first-order valence-electron chi connectivity index (χ1n) is 6.73. The monoisotopic (exact) mass is 327 g/mol. The van der Waals surface area contributed by atoms with Crippen molar-refractivity contribution in [1.82, 2.24) is 14.4 Å². The van der Waals surface area contributed by atoms with Gasteiger partial charge < -0.3 is 14.4 Å². The maximum Gasteiger partial charge on any atom is 0.270 e. The third-order valence-electron chi connectivity index (χ3n) is 3.72. The van der Waals surface area contributed by atoms with Gasteiger partial charge in [-0.2, -0.15) is 0 Å². The maximum atomic E-state index is 12.4. The molecule has 1 aliphatic rings. The van der Waals surface area contributed by atoms with Crippen molar-refractivity contribution in [3.8, 4) is 0 Å². The van der Waals surface area contributed by atoms with E-state index in [0.29, 0.717) is 0 Å². The molecule has 19 heavy (non-hydrogen) atoms. The number of aryl methyl sites for hydroxylation is 1. The number of piperidine rings is 1. The van der Waals surface area contributed by atoms with E-state index in [1.165, 1.54) is 0 Å². The molecule has 4 nitrogen and oxygen atoms in total. The van der Waals surface area contributed by atoms with Gasteiger partial charge in [-0.25, -0.2) is 0 Å². The van der Waals surface area contributed by atoms with Gasteiger partial charge in [0.15, 0.2) is 0 Å². The van der Waals surface area contributed by atoms with Crippen molar-refractivity contribution in [1.29, 1.82) is 0 Å². The Balaban J connectivity index is 1.94. The Morgan fingerprint density at radius 3 is 2.53 bits per heavy atom. The van der Waals surface area contributed by atoms with Crippen LogP contribution in [0.25, 0.3) is 0 Å². The van der Waals surface area contributed by atoms with Gasteiger partial charge in [0.1, 0.15) is 5.69 Å². The topological polar surface area (TPSA) is 28.5 Å². The fourth-order valence-electron chi connectivity index (χ4n) is 2.73.